The molecule has 4 nitrogen and oxygen atoms in total. The maximum Gasteiger partial charge on any atom is 0.410 e. The molecule has 2 unspecified atom stereocenters. The predicted octanol–water partition coefficient (Wildman–Crippen LogP) is 4.89. The van der Waals surface area contributed by atoms with Crippen LogP contribution in [0.4, 0.5) is 9.18 Å². The van der Waals surface area contributed by atoms with Crippen molar-refractivity contribution in [1.82, 2.24) is 4.90 Å². The van der Waals surface area contributed by atoms with E-state index in [1.54, 1.807) is 12.1 Å². The Hall–Kier alpha value is -1.91. The molecular weight excluding hydrogens is 333 g/mol. The van der Waals surface area contributed by atoms with Gasteiger partial charge in [0, 0.05) is 18.0 Å². The lowest BCUT2D eigenvalue weighted by molar-refractivity contribution is -0.0261. The summed E-state index contributed by atoms with van der Waals surface area (Å²) in [5.41, 5.74) is 0.517. The number of amides is 1. The van der Waals surface area contributed by atoms with Gasteiger partial charge in [0.2, 0.25) is 0 Å². The van der Waals surface area contributed by atoms with Gasteiger partial charge in [-0.2, -0.15) is 0 Å². The van der Waals surface area contributed by atoms with E-state index in [0.717, 1.165) is 24.8 Å². The van der Waals surface area contributed by atoms with E-state index in [9.17, 15) is 14.0 Å². The lowest BCUT2D eigenvalue weighted by Crippen LogP contribution is -2.56. The molecule has 1 aromatic rings. The van der Waals surface area contributed by atoms with Crippen LogP contribution in [0, 0.1) is 18.7 Å². The zero-order valence-corrected chi connectivity index (χ0v) is 16.0. The van der Waals surface area contributed by atoms with E-state index in [1.165, 1.54) is 6.07 Å². The van der Waals surface area contributed by atoms with E-state index < -0.39 is 11.4 Å². The van der Waals surface area contributed by atoms with Crippen molar-refractivity contribution in [1.29, 1.82) is 0 Å². The molecule has 3 rings (SSSR count). The molecule has 2 heterocycles. The highest BCUT2D eigenvalue weighted by Crippen LogP contribution is 2.39. The Bertz CT molecular complexity index is 696. The number of piperidine rings is 2. The lowest BCUT2D eigenvalue weighted by Gasteiger charge is -2.48. The van der Waals surface area contributed by atoms with Crippen molar-refractivity contribution in [2.24, 2.45) is 5.92 Å². The number of nitrogens with zero attached hydrogens (tertiary/aromatic N) is 1. The summed E-state index contributed by atoms with van der Waals surface area (Å²) in [7, 11) is 0. The highest BCUT2D eigenvalue weighted by Gasteiger charge is 2.44. The number of aryl methyl sites for hydroxylation is 1. The van der Waals surface area contributed by atoms with Gasteiger partial charge in [0.25, 0.3) is 0 Å². The van der Waals surface area contributed by atoms with Crippen LogP contribution in [0.5, 0.6) is 0 Å². The Morgan fingerprint density at radius 3 is 2.35 bits per heavy atom. The molecule has 2 aliphatic rings. The number of ether oxygens (including phenoxy) is 1. The smallest absolute Gasteiger partial charge is 0.410 e. The van der Waals surface area contributed by atoms with E-state index >= 15 is 0 Å². The zero-order valence-electron chi connectivity index (χ0n) is 16.0. The largest absolute Gasteiger partial charge is 0.444 e. The SMILES string of the molecule is Cc1ccc(F)c(C(=O)C2CC3CCCC(C2)N3C(=O)OC(C)(C)C)c1. The van der Waals surface area contributed by atoms with Crippen LogP contribution in [0.25, 0.3) is 0 Å². The summed E-state index contributed by atoms with van der Waals surface area (Å²) in [6.45, 7) is 7.43. The minimum atomic E-state index is -0.539. The Kier molecular flexibility index (Phi) is 5.09. The number of carbonyl (C=O) groups is 2. The van der Waals surface area contributed by atoms with E-state index in [4.69, 9.17) is 4.74 Å². The summed E-state index contributed by atoms with van der Waals surface area (Å²) in [6.07, 6.45) is 3.67. The first-order chi connectivity index (χ1) is 12.2. The van der Waals surface area contributed by atoms with Crippen LogP contribution in [-0.2, 0) is 4.74 Å². The van der Waals surface area contributed by atoms with Gasteiger partial charge in [-0.25, -0.2) is 9.18 Å². The molecule has 2 bridgehead atoms. The van der Waals surface area contributed by atoms with Crippen molar-refractivity contribution >= 4 is 11.9 Å². The van der Waals surface area contributed by atoms with Crippen LogP contribution in [-0.4, -0.2) is 34.5 Å². The molecule has 0 radical (unpaired) electrons. The highest BCUT2D eigenvalue weighted by molar-refractivity contribution is 5.98. The summed E-state index contributed by atoms with van der Waals surface area (Å²) in [5.74, 6) is -0.826. The Balaban J connectivity index is 1.78. The Morgan fingerprint density at radius 1 is 1.15 bits per heavy atom. The third-order valence-corrected chi connectivity index (χ3v) is 5.34. The number of carbonyl (C=O) groups excluding carboxylic acids is 2. The molecule has 2 fully saturated rings. The van der Waals surface area contributed by atoms with E-state index in [0.29, 0.717) is 12.8 Å². The molecule has 26 heavy (non-hydrogen) atoms. The second-order valence-electron chi connectivity index (χ2n) is 8.64. The molecule has 142 valence electrons. The minimum absolute atomic E-state index is 0.000768. The molecule has 0 N–H and O–H groups in total. The van der Waals surface area contributed by atoms with E-state index in [-0.39, 0.29) is 35.4 Å². The Morgan fingerprint density at radius 2 is 1.77 bits per heavy atom. The van der Waals surface area contributed by atoms with Gasteiger partial charge in [-0.05, 0) is 71.9 Å². The number of fused-ring (bicyclic) bond motifs is 2. The first kappa shape index (κ1) is 18.9. The number of hydrogen-bond donors (Lipinski definition) is 0. The first-order valence-electron chi connectivity index (χ1n) is 9.47. The predicted molar refractivity (Wildman–Crippen MR) is 97.7 cm³/mol. The molecule has 2 atom stereocenters. The van der Waals surface area contributed by atoms with Gasteiger partial charge < -0.3 is 9.64 Å². The van der Waals surface area contributed by atoms with Gasteiger partial charge >= 0.3 is 6.09 Å². The fourth-order valence-corrected chi connectivity index (χ4v) is 4.26. The van der Waals surface area contributed by atoms with Crippen LogP contribution in [0.1, 0.15) is 68.8 Å². The number of benzene rings is 1. The summed E-state index contributed by atoms with van der Waals surface area (Å²) in [6, 6.07) is 4.66. The number of Topliss-reactive ketones (excluding diaryl/α,β-unsaturated/α-hetero) is 1. The molecule has 0 spiro atoms. The molecule has 0 saturated carbocycles. The molecular formula is C21H28FNO3. The second kappa shape index (κ2) is 7.01. The average Bonchev–Trinajstić information content (AvgIpc) is 2.53. The van der Waals surface area contributed by atoms with Crippen molar-refractivity contribution in [3.8, 4) is 0 Å². The van der Waals surface area contributed by atoms with Crippen molar-refractivity contribution < 1.29 is 18.7 Å². The maximum atomic E-state index is 14.2. The van der Waals surface area contributed by atoms with Crippen molar-refractivity contribution in [3.05, 3.63) is 35.1 Å². The van der Waals surface area contributed by atoms with Crippen LogP contribution >= 0.6 is 0 Å². The van der Waals surface area contributed by atoms with Gasteiger partial charge in [-0.1, -0.05) is 11.6 Å². The molecule has 5 heteroatoms. The van der Waals surface area contributed by atoms with E-state index in [2.05, 4.69) is 0 Å². The van der Waals surface area contributed by atoms with E-state index in [1.807, 2.05) is 32.6 Å². The normalized spacial score (nSPS) is 25.7. The molecule has 2 saturated heterocycles. The van der Waals surface area contributed by atoms with Gasteiger partial charge in [-0.3, -0.25) is 4.79 Å². The first-order valence-corrected chi connectivity index (χ1v) is 9.47. The molecule has 1 aromatic carbocycles. The quantitative estimate of drug-likeness (QED) is 0.705. The average molecular weight is 361 g/mol. The summed E-state index contributed by atoms with van der Waals surface area (Å²) >= 11 is 0. The molecule has 1 amide bonds. The van der Waals surface area contributed by atoms with Crippen molar-refractivity contribution in [3.63, 3.8) is 0 Å². The van der Waals surface area contributed by atoms with Crippen molar-refractivity contribution in [2.45, 2.75) is 77.5 Å². The zero-order chi connectivity index (χ0) is 19.1. The molecule has 2 aliphatic heterocycles. The minimum Gasteiger partial charge on any atom is -0.444 e. The number of ketones is 1. The third-order valence-electron chi connectivity index (χ3n) is 5.34. The number of halogens is 1. The topological polar surface area (TPSA) is 46.6 Å². The highest BCUT2D eigenvalue weighted by atomic mass is 19.1. The summed E-state index contributed by atoms with van der Waals surface area (Å²) < 4.78 is 19.7. The van der Waals surface area contributed by atoms with Gasteiger partial charge in [0.15, 0.2) is 5.78 Å². The van der Waals surface area contributed by atoms with Crippen LogP contribution in [0.15, 0.2) is 18.2 Å². The van der Waals surface area contributed by atoms with Gasteiger partial charge in [0.05, 0.1) is 5.56 Å². The fraction of sp³-hybridized carbons (Fsp3) is 0.619. The van der Waals surface area contributed by atoms with Crippen LogP contribution < -0.4 is 0 Å². The van der Waals surface area contributed by atoms with Gasteiger partial charge in [0.1, 0.15) is 11.4 Å². The van der Waals surface area contributed by atoms with Crippen molar-refractivity contribution in [2.75, 3.05) is 0 Å². The van der Waals surface area contributed by atoms with Crippen LogP contribution in [0.2, 0.25) is 0 Å². The van der Waals surface area contributed by atoms with Gasteiger partial charge in [-0.15, -0.1) is 0 Å². The monoisotopic (exact) mass is 361 g/mol. The standard InChI is InChI=1S/C21H28FNO3/c1-13-8-9-18(22)17(10-13)19(24)14-11-15-6-5-7-16(12-14)23(15)20(25)26-21(2,3)4/h8-10,14-16H,5-7,11-12H2,1-4H3. The maximum absolute atomic E-state index is 14.2. The fourth-order valence-electron chi connectivity index (χ4n) is 4.26. The second-order valence-corrected chi connectivity index (χ2v) is 8.64. The Labute approximate surface area is 154 Å². The number of hydrogen-bond acceptors (Lipinski definition) is 3. The molecule has 0 aromatic heterocycles. The summed E-state index contributed by atoms with van der Waals surface area (Å²) in [5, 5.41) is 0. The lowest BCUT2D eigenvalue weighted by atomic mass is 9.75. The molecule has 0 aliphatic carbocycles. The number of rotatable bonds is 2. The third kappa shape index (κ3) is 3.92. The summed E-state index contributed by atoms with van der Waals surface area (Å²) in [4.78, 5) is 27.4. The van der Waals surface area contributed by atoms with Crippen LogP contribution in [0.3, 0.4) is 0 Å².